The van der Waals surface area contributed by atoms with E-state index in [1.807, 2.05) is 6.07 Å². The molecule has 0 amide bonds. The third-order valence-corrected chi connectivity index (χ3v) is 4.66. The van der Waals surface area contributed by atoms with Gasteiger partial charge in [-0.2, -0.15) is 5.26 Å². The Bertz CT molecular complexity index is 1040. The van der Waals surface area contributed by atoms with Crippen molar-refractivity contribution in [2.75, 3.05) is 4.72 Å². The van der Waals surface area contributed by atoms with Crippen molar-refractivity contribution < 1.29 is 17.2 Å². The van der Waals surface area contributed by atoms with Gasteiger partial charge in [0.2, 0.25) is 0 Å². The van der Waals surface area contributed by atoms with Gasteiger partial charge >= 0.3 is 0 Å². The summed E-state index contributed by atoms with van der Waals surface area (Å²) in [6, 6.07) is 9.44. The van der Waals surface area contributed by atoms with Crippen molar-refractivity contribution in [1.82, 2.24) is 4.98 Å². The zero-order chi connectivity index (χ0) is 16.6. The first-order valence-corrected chi connectivity index (χ1v) is 7.88. The van der Waals surface area contributed by atoms with Crippen LogP contribution in [0.5, 0.6) is 0 Å². The molecule has 0 aliphatic heterocycles. The van der Waals surface area contributed by atoms with E-state index in [1.165, 1.54) is 24.3 Å². The molecule has 8 heteroatoms. The first kappa shape index (κ1) is 15.0. The summed E-state index contributed by atoms with van der Waals surface area (Å²) in [7, 11) is -4.00. The number of anilines is 1. The van der Waals surface area contributed by atoms with Gasteiger partial charge in [-0.1, -0.05) is 0 Å². The smallest absolute Gasteiger partial charge is 0.264 e. The second-order valence-corrected chi connectivity index (χ2v) is 6.41. The Kier molecular flexibility index (Phi) is 3.50. The fraction of sp³-hybridized carbons (Fsp3) is 0. The molecule has 116 valence electrons. The Labute approximate surface area is 130 Å². The monoisotopic (exact) mass is 333 g/mol. The molecule has 3 aromatic rings. The topological polar surface area (TPSA) is 85.8 Å². The summed E-state index contributed by atoms with van der Waals surface area (Å²) in [5.41, 5.74) is 0.808. The van der Waals surface area contributed by atoms with Crippen LogP contribution in [-0.2, 0) is 10.0 Å². The number of nitriles is 1. The number of benzene rings is 2. The molecule has 1 aromatic heterocycles. The van der Waals surface area contributed by atoms with Crippen LogP contribution >= 0.6 is 0 Å². The first-order chi connectivity index (χ1) is 10.9. The van der Waals surface area contributed by atoms with Gasteiger partial charge in [-0.15, -0.1) is 0 Å². The number of nitrogens with one attached hydrogen (secondary N) is 2. The van der Waals surface area contributed by atoms with E-state index in [0.29, 0.717) is 5.56 Å². The van der Waals surface area contributed by atoms with Crippen molar-refractivity contribution in [3.05, 3.63) is 59.8 Å². The minimum Gasteiger partial charge on any atom is -0.360 e. The fourth-order valence-electron chi connectivity index (χ4n) is 2.14. The van der Waals surface area contributed by atoms with Crippen LogP contribution in [0.15, 0.2) is 47.5 Å². The Balaban J connectivity index is 2.02. The van der Waals surface area contributed by atoms with Crippen molar-refractivity contribution in [3.63, 3.8) is 0 Å². The van der Waals surface area contributed by atoms with E-state index in [0.717, 1.165) is 18.3 Å². The number of hydrogen-bond acceptors (Lipinski definition) is 3. The van der Waals surface area contributed by atoms with E-state index in [2.05, 4.69) is 9.71 Å². The largest absolute Gasteiger partial charge is 0.360 e. The van der Waals surface area contributed by atoms with E-state index >= 15 is 0 Å². The van der Waals surface area contributed by atoms with Gasteiger partial charge in [0.25, 0.3) is 10.0 Å². The highest BCUT2D eigenvalue weighted by atomic mass is 32.2. The van der Waals surface area contributed by atoms with Gasteiger partial charge in [-0.05, 0) is 30.3 Å². The van der Waals surface area contributed by atoms with E-state index < -0.39 is 21.7 Å². The molecule has 0 saturated carbocycles. The summed E-state index contributed by atoms with van der Waals surface area (Å²) in [5.74, 6) is -2.20. The number of aromatic nitrogens is 1. The van der Waals surface area contributed by atoms with E-state index in [9.17, 15) is 17.2 Å². The molecule has 1 heterocycles. The number of hydrogen-bond donors (Lipinski definition) is 2. The van der Waals surface area contributed by atoms with Gasteiger partial charge < -0.3 is 4.98 Å². The highest BCUT2D eigenvalue weighted by molar-refractivity contribution is 7.93. The molecule has 3 rings (SSSR count). The highest BCUT2D eigenvalue weighted by Gasteiger charge is 2.20. The van der Waals surface area contributed by atoms with Crippen molar-refractivity contribution >= 4 is 26.6 Å². The van der Waals surface area contributed by atoms with Crippen LogP contribution in [-0.4, -0.2) is 13.4 Å². The molecule has 0 aliphatic rings. The molecule has 0 unspecified atom stereocenters. The van der Waals surface area contributed by atoms with Crippen LogP contribution in [0.3, 0.4) is 0 Å². The molecule has 0 atom stereocenters. The van der Waals surface area contributed by atoms with Crippen LogP contribution in [0, 0.1) is 23.0 Å². The van der Waals surface area contributed by atoms with Crippen LogP contribution in [0.2, 0.25) is 0 Å². The second kappa shape index (κ2) is 5.37. The predicted molar refractivity (Wildman–Crippen MR) is 80.2 cm³/mol. The summed E-state index contributed by atoms with van der Waals surface area (Å²) in [6.45, 7) is 0. The van der Waals surface area contributed by atoms with Crippen LogP contribution in [0.1, 0.15) is 5.56 Å². The summed E-state index contributed by atoms with van der Waals surface area (Å²) in [4.78, 5) is 2.40. The van der Waals surface area contributed by atoms with Crippen LogP contribution in [0.25, 0.3) is 10.9 Å². The lowest BCUT2D eigenvalue weighted by atomic mass is 10.2. The lowest BCUT2D eigenvalue weighted by Crippen LogP contribution is -2.12. The SMILES string of the molecule is N#Cc1ccc(NS(=O)(=O)c2c[nH]c3cc(F)c(F)cc23)cc1. The summed E-state index contributed by atoms with van der Waals surface area (Å²) in [6.07, 6.45) is 1.16. The number of H-pyrrole nitrogens is 1. The molecule has 23 heavy (non-hydrogen) atoms. The zero-order valence-electron chi connectivity index (χ0n) is 11.5. The maximum atomic E-state index is 13.4. The highest BCUT2D eigenvalue weighted by Crippen LogP contribution is 2.26. The second-order valence-electron chi connectivity index (χ2n) is 4.76. The van der Waals surface area contributed by atoms with Gasteiger partial charge in [0, 0.05) is 28.9 Å². The molecule has 2 aromatic carbocycles. The summed E-state index contributed by atoms with van der Waals surface area (Å²) in [5, 5.41) is 8.77. The summed E-state index contributed by atoms with van der Waals surface area (Å²) < 4.78 is 53.7. The molecule has 0 saturated heterocycles. The molecule has 0 radical (unpaired) electrons. The molecular weight excluding hydrogens is 324 g/mol. The predicted octanol–water partition coefficient (Wildman–Crippen LogP) is 3.12. The number of fused-ring (bicyclic) bond motifs is 1. The lowest BCUT2D eigenvalue weighted by molar-refractivity contribution is 0.510. The lowest BCUT2D eigenvalue weighted by Gasteiger charge is -2.07. The minimum atomic E-state index is -4.00. The molecule has 0 bridgehead atoms. The maximum absolute atomic E-state index is 13.4. The van der Waals surface area contributed by atoms with Gasteiger partial charge in [0.15, 0.2) is 11.6 Å². The number of nitrogens with zero attached hydrogens (tertiary/aromatic N) is 1. The zero-order valence-corrected chi connectivity index (χ0v) is 12.3. The van der Waals surface area contributed by atoms with Crippen LogP contribution in [0.4, 0.5) is 14.5 Å². The Morgan fingerprint density at radius 1 is 1.09 bits per heavy atom. The molecule has 0 fully saturated rings. The molecule has 5 nitrogen and oxygen atoms in total. The van der Waals surface area contributed by atoms with Crippen molar-refractivity contribution in [1.29, 1.82) is 5.26 Å². The number of rotatable bonds is 3. The quantitative estimate of drug-likeness (QED) is 0.772. The fourth-order valence-corrected chi connectivity index (χ4v) is 3.37. The third kappa shape index (κ3) is 2.74. The standard InChI is InChI=1S/C15H9F2N3O2S/c16-12-5-11-14(6-13(12)17)19-8-15(11)23(21,22)20-10-3-1-9(7-18)2-4-10/h1-6,8,19-20H. The summed E-state index contributed by atoms with van der Waals surface area (Å²) >= 11 is 0. The number of halogens is 2. The Morgan fingerprint density at radius 3 is 2.39 bits per heavy atom. The number of sulfonamides is 1. The first-order valence-electron chi connectivity index (χ1n) is 6.40. The maximum Gasteiger partial charge on any atom is 0.264 e. The van der Waals surface area contributed by atoms with Crippen molar-refractivity contribution in [2.24, 2.45) is 0 Å². The molecule has 0 spiro atoms. The van der Waals surface area contributed by atoms with E-state index in [4.69, 9.17) is 5.26 Å². The normalized spacial score (nSPS) is 11.3. The van der Waals surface area contributed by atoms with Crippen LogP contribution < -0.4 is 4.72 Å². The minimum absolute atomic E-state index is 0.0463. The average molecular weight is 333 g/mol. The molecule has 0 aliphatic carbocycles. The van der Waals surface area contributed by atoms with Crippen molar-refractivity contribution in [3.8, 4) is 6.07 Å². The molecule has 2 N–H and O–H groups in total. The third-order valence-electron chi connectivity index (χ3n) is 3.24. The van der Waals surface area contributed by atoms with Gasteiger partial charge in [0.1, 0.15) is 4.90 Å². The van der Waals surface area contributed by atoms with E-state index in [-0.39, 0.29) is 21.5 Å². The van der Waals surface area contributed by atoms with Crippen molar-refractivity contribution in [2.45, 2.75) is 4.90 Å². The Hall–Kier alpha value is -2.92. The molecular formula is C15H9F2N3O2S. The van der Waals surface area contributed by atoms with Gasteiger partial charge in [-0.3, -0.25) is 4.72 Å². The van der Waals surface area contributed by atoms with Gasteiger partial charge in [-0.25, -0.2) is 17.2 Å². The van der Waals surface area contributed by atoms with Gasteiger partial charge in [0.05, 0.1) is 11.6 Å². The Morgan fingerprint density at radius 2 is 1.74 bits per heavy atom. The van der Waals surface area contributed by atoms with E-state index in [1.54, 1.807) is 0 Å². The average Bonchev–Trinajstić information content (AvgIpc) is 2.92. The number of aromatic amines is 1.